The van der Waals surface area contributed by atoms with Crippen LogP contribution in [-0.2, 0) is 6.18 Å². The summed E-state index contributed by atoms with van der Waals surface area (Å²) in [5.41, 5.74) is 4.13. The van der Waals surface area contributed by atoms with Crippen LogP contribution in [0.2, 0.25) is 0 Å². The van der Waals surface area contributed by atoms with Crippen LogP contribution < -0.4 is 5.73 Å². The quantitative estimate of drug-likeness (QED) is 0.907. The zero-order valence-electron chi connectivity index (χ0n) is 9.48. The highest BCUT2D eigenvalue weighted by molar-refractivity contribution is 5.97. The van der Waals surface area contributed by atoms with Crippen molar-refractivity contribution in [1.82, 2.24) is 9.97 Å². The summed E-state index contributed by atoms with van der Waals surface area (Å²) in [5.74, 6) is -0.824. The van der Waals surface area contributed by atoms with Gasteiger partial charge in [-0.05, 0) is 24.3 Å². The SMILES string of the molecule is NC(=O)c1ncccc1-c1cccc(C(F)(F)F)n1. The average molecular weight is 267 g/mol. The molecule has 98 valence electrons. The monoisotopic (exact) mass is 267 g/mol. The van der Waals surface area contributed by atoms with Crippen LogP contribution in [0, 0.1) is 0 Å². The maximum atomic E-state index is 12.6. The van der Waals surface area contributed by atoms with Crippen LogP contribution in [0.4, 0.5) is 13.2 Å². The number of rotatable bonds is 2. The molecule has 0 aromatic carbocycles. The van der Waals surface area contributed by atoms with Gasteiger partial charge in [0, 0.05) is 11.8 Å². The van der Waals surface area contributed by atoms with Gasteiger partial charge in [-0.25, -0.2) is 4.98 Å². The van der Waals surface area contributed by atoms with E-state index >= 15 is 0 Å². The molecule has 0 saturated heterocycles. The summed E-state index contributed by atoms with van der Waals surface area (Å²) in [6, 6.07) is 6.35. The van der Waals surface area contributed by atoms with Gasteiger partial charge in [0.1, 0.15) is 11.4 Å². The van der Waals surface area contributed by atoms with Gasteiger partial charge in [0.2, 0.25) is 0 Å². The van der Waals surface area contributed by atoms with Crippen LogP contribution in [0.15, 0.2) is 36.5 Å². The molecule has 0 radical (unpaired) electrons. The number of carbonyl (C=O) groups excluding carboxylic acids is 1. The Morgan fingerprint density at radius 1 is 1.16 bits per heavy atom. The summed E-state index contributed by atoms with van der Waals surface area (Å²) in [6.07, 6.45) is -3.22. The van der Waals surface area contributed by atoms with Gasteiger partial charge >= 0.3 is 6.18 Å². The summed E-state index contributed by atoms with van der Waals surface area (Å²) in [4.78, 5) is 18.4. The lowest BCUT2D eigenvalue weighted by Crippen LogP contribution is -2.15. The van der Waals surface area contributed by atoms with Gasteiger partial charge in [0.25, 0.3) is 5.91 Å². The molecule has 0 fully saturated rings. The molecule has 2 N–H and O–H groups in total. The van der Waals surface area contributed by atoms with Crippen LogP contribution in [-0.4, -0.2) is 15.9 Å². The Labute approximate surface area is 106 Å². The van der Waals surface area contributed by atoms with E-state index in [4.69, 9.17) is 5.73 Å². The standard InChI is InChI=1S/C12H8F3N3O/c13-12(14,15)9-5-1-4-8(18-9)7-3-2-6-17-10(7)11(16)19/h1-6H,(H2,16,19). The Balaban J connectivity index is 2.57. The fourth-order valence-corrected chi connectivity index (χ4v) is 1.55. The van der Waals surface area contributed by atoms with E-state index in [-0.39, 0.29) is 17.0 Å². The number of nitrogens with zero attached hydrogens (tertiary/aromatic N) is 2. The number of alkyl halides is 3. The van der Waals surface area contributed by atoms with Gasteiger partial charge in [0.05, 0.1) is 5.69 Å². The first-order valence-electron chi connectivity index (χ1n) is 5.19. The molecule has 0 unspecified atom stereocenters. The molecule has 19 heavy (non-hydrogen) atoms. The van der Waals surface area contributed by atoms with Crippen molar-refractivity contribution < 1.29 is 18.0 Å². The third-order valence-electron chi connectivity index (χ3n) is 2.36. The van der Waals surface area contributed by atoms with Crippen molar-refractivity contribution in [3.05, 3.63) is 47.9 Å². The molecule has 0 aliphatic carbocycles. The van der Waals surface area contributed by atoms with Crippen molar-refractivity contribution in [1.29, 1.82) is 0 Å². The Bertz CT molecular complexity index is 626. The second-order valence-corrected chi connectivity index (χ2v) is 3.67. The zero-order chi connectivity index (χ0) is 14.0. The van der Waals surface area contributed by atoms with Crippen LogP contribution >= 0.6 is 0 Å². The minimum atomic E-state index is -4.55. The van der Waals surface area contributed by atoms with Gasteiger partial charge in [-0.15, -0.1) is 0 Å². The van der Waals surface area contributed by atoms with E-state index in [1.165, 1.54) is 30.5 Å². The maximum Gasteiger partial charge on any atom is 0.433 e. The van der Waals surface area contributed by atoms with Crippen molar-refractivity contribution in [3.8, 4) is 11.3 Å². The number of hydrogen-bond acceptors (Lipinski definition) is 3. The normalized spacial score (nSPS) is 11.3. The molecule has 0 saturated carbocycles. The number of aromatic nitrogens is 2. The van der Waals surface area contributed by atoms with E-state index in [0.29, 0.717) is 0 Å². The van der Waals surface area contributed by atoms with Crippen LogP contribution in [0.5, 0.6) is 0 Å². The zero-order valence-corrected chi connectivity index (χ0v) is 9.48. The molecule has 2 rings (SSSR count). The molecule has 4 nitrogen and oxygen atoms in total. The number of nitrogens with two attached hydrogens (primary N) is 1. The molecule has 2 aromatic heterocycles. The minimum absolute atomic E-state index is 0.00303. The topological polar surface area (TPSA) is 68.9 Å². The van der Waals surface area contributed by atoms with E-state index in [1.807, 2.05) is 0 Å². The lowest BCUT2D eigenvalue weighted by atomic mass is 10.1. The van der Waals surface area contributed by atoms with Gasteiger partial charge in [0.15, 0.2) is 0 Å². The van der Waals surface area contributed by atoms with Crippen molar-refractivity contribution in [3.63, 3.8) is 0 Å². The maximum absolute atomic E-state index is 12.6. The smallest absolute Gasteiger partial charge is 0.364 e. The fraction of sp³-hybridized carbons (Fsp3) is 0.0833. The Kier molecular flexibility index (Phi) is 3.20. The van der Waals surface area contributed by atoms with E-state index in [1.54, 1.807) is 0 Å². The first-order chi connectivity index (χ1) is 8.89. The molecule has 7 heteroatoms. The summed E-state index contributed by atoms with van der Waals surface area (Å²) >= 11 is 0. The predicted molar refractivity (Wildman–Crippen MR) is 61.0 cm³/mol. The highest BCUT2D eigenvalue weighted by atomic mass is 19.4. The summed E-state index contributed by atoms with van der Waals surface area (Å²) in [5, 5.41) is 0. The van der Waals surface area contributed by atoms with Gasteiger partial charge in [-0.2, -0.15) is 13.2 Å². The van der Waals surface area contributed by atoms with Gasteiger partial charge < -0.3 is 5.73 Å². The fourth-order valence-electron chi connectivity index (χ4n) is 1.55. The number of hydrogen-bond donors (Lipinski definition) is 1. The van der Waals surface area contributed by atoms with E-state index in [2.05, 4.69) is 9.97 Å². The average Bonchev–Trinajstić information content (AvgIpc) is 2.38. The number of primary amides is 1. The number of pyridine rings is 2. The Morgan fingerprint density at radius 2 is 1.89 bits per heavy atom. The number of halogens is 3. The summed E-state index contributed by atoms with van der Waals surface area (Å²) in [7, 11) is 0. The number of carbonyl (C=O) groups is 1. The first-order valence-corrected chi connectivity index (χ1v) is 5.19. The van der Waals surface area contributed by atoms with Crippen molar-refractivity contribution >= 4 is 5.91 Å². The largest absolute Gasteiger partial charge is 0.433 e. The second-order valence-electron chi connectivity index (χ2n) is 3.67. The van der Waals surface area contributed by atoms with Crippen molar-refractivity contribution in [2.75, 3.05) is 0 Å². The van der Waals surface area contributed by atoms with E-state index in [9.17, 15) is 18.0 Å². The third kappa shape index (κ3) is 2.70. The molecular weight excluding hydrogens is 259 g/mol. The molecule has 0 spiro atoms. The molecule has 0 bridgehead atoms. The lowest BCUT2D eigenvalue weighted by Gasteiger charge is -2.09. The Morgan fingerprint density at radius 3 is 2.53 bits per heavy atom. The summed E-state index contributed by atoms with van der Waals surface area (Å²) in [6.45, 7) is 0. The van der Waals surface area contributed by atoms with Crippen molar-refractivity contribution in [2.45, 2.75) is 6.18 Å². The molecule has 0 aliphatic rings. The van der Waals surface area contributed by atoms with Crippen LogP contribution in [0.3, 0.4) is 0 Å². The third-order valence-corrected chi connectivity index (χ3v) is 2.36. The lowest BCUT2D eigenvalue weighted by molar-refractivity contribution is -0.141. The predicted octanol–water partition coefficient (Wildman–Crippen LogP) is 2.26. The number of amides is 1. The highest BCUT2D eigenvalue weighted by Crippen LogP contribution is 2.29. The summed E-state index contributed by atoms with van der Waals surface area (Å²) < 4.78 is 37.7. The van der Waals surface area contributed by atoms with Gasteiger partial charge in [-0.1, -0.05) is 6.07 Å². The molecule has 2 aromatic rings. The molecule has 2 heterocycles. The highest BCUT2D eigenvalue weighted by Gasteiger charge is 2.32. The van der Waals surface area contributed by atoms with Gasteiger partial charge in [-0.3, -0.25) is 9.78 Å². The minimum Gasteiger partial charge on any atom is -0.364 e. The molecule has 1 amide bonds. The van der Waals surface area contributed by atoms with Crippen LogP contribution in [0.1, 0.15) is 16.2 Å². The van der Waals surface area contributed by atoms with Crippen molar-refractivity contribution in [2.24, 2.45) is 5.73 Å². The molecular formula is C12H8F3N3O. The molecule has 0 atom stereocenters. The van der Waals surface area contributed by atoms with E-state index in [0.717, 1.165) is 6.07 Å². The van der Waals surface area contributed by atoms with E-state index < -0.39 is 17.8 Å². The first kappa shape index (κ1) is 13.0. The second kappa shape index (κ2) is 4.68. The Hall–Kier alpha value is -2.44. The van der Waals surface area contributed by atoms with Crippen LogP contribution in [0.25, 0.3) is 11.3 Å². The molecule has 0 aliphatic heterocycles.